The largest absolute Gasteiger partial charge is 0.324 e. The molecule has 0 bridgehead atoms. The van der Waals surface area contributed by atoms with Gasteiger partial charge in [-0.2, -0.15) is 0 Å². The summed E-state index contributed by atoms with van der Waals surface area (Å²) in [7, 11) is 0. The van der Waals surface area contributed by atoms with E-state index in [0.717, 1.165) is 44.9 Å². The Bertz CT molecular complexity index is 2180. The second-order valence-corrected chi connectivity index (χ2v) is 11.1. The Morgan fingerprint density at radius 1 is 0.386 bits per heavy atom. The van der Waals surface area contributed by atoms with Gasteiger partial charge in [-0.25, -0.2) is 9.98 Å². The van der Waals surface area contributed by atoms with Crippen LogP contribution in [0.15, 0.2) is 174 Å². The molecule has 208 valence electrons. The average Bonchev–Trinajstić information content (AvgIpc) is 3.11. The molecule has 1 atom stereocenters. The Morgan fingerprint density at radius 3 is 1.61 bits per heavy atom. The van der Waals surface area contributed by atoms with Gasteiger partial charge in [0.15, 0.2) is 6.17 Å². The Morgan fingerprint density at radius 2 is 0.909 bits per heavy atom. The van der Waals surface area contributed by atoms with Crippen molar-refractivity contribution in [1.29, 1.82) is 0 Å². The van der Waals surface area contributed by atoms with Gasteiger partial charge in [0.1, 0.15) is 11.7 Å². The quantitative estimate of drug-likeness (QED) is 0.222. The van der Waals surface area contributed by atoms with Crippen LogP contribution >= 0.6 is 0 Å². The molecule has 3 heteroatoms. The van der Waals surface area contributed by atoms with Crippen LogP contribution in [0.25, 0.3) is 43.8 Å². The van der Waals surface area contributed by atoms with Crippen molar-refractivity contribution in [2.45, 2.75) is 6.17 Å². The number of benzene rings is 7. The van der Waals surface area contributed by atoms with E-state index in [2.05, 4.69) is 151 Å². The molecule has 0 aliphatic carbocycles. The number of nitrogens with zero attached hydrogens (tertiary/aromatic N) is 2. The second-order valence-electron chi connectivity index (χ2n) is 11.1. The van der Waals surface area contributed by atoms with Gasteiger partial charge in [0, 0.05) is 16.7 Å². The van der Waals surface area contributed by atoms with E-state index >= 15 is 0 Å². The van der Waals surface area contributed by atoms with Crippen molar-refractivity contribution < 1.29 is 0 Å². The molecule has 1 heterocycles. The highest BCUT2D eigenvalue weighted by Crippen LogP contribution is 2.38. The van der Waals surface area contributed by atoms with Gasteiger partial charge in [-0.1, -0.05) is 152 Å². The first-order valence-electron chi connectivity index (χ1n) is 14.9. The molecular weight excluding hydrogens is 534 g/mol. The van der Waals surface area contributed by atoms with Crippen LogP contribution in [0.4, 0.5) is 0 Å². The molecule has 8 rings (SSSR count). The van der Waals surface area contributed by atoms with Crippen molar-refractivity contribution in [2.75, 3.05) is 0 Å². The predicted molar refractivity (Wildman–Crippen MR) is 184 cm³/mol. The van der Waals surface area contributed by atoms with Crippen LogP contribution in [0.5, 0.6) is 0 Å². The molecule has 1 unspecified atom stereocenters. The molecule has 44 heavy (non-hydrogen) atoms. The molecule has 1 aliphatic heterocycles. The van der Waals surface area contributed by atoms with E-state index in [9.17, 15) is 0 Å². The Balaban J connectivity index is 1.29. The van der Waals surface area contributed by atoms with E-state index in [1.54, 1.807) is 0 Å². The lowest BCUT2D eigenvalue weighted by Gasteiger charge is -2.25. The molecule has 1 N–H and O–H groups in total. The molecule has 0 saturated carbocycles. The number of fused-ring (bicyclic) bond motifs is 2. The zero-order valence-electron chi connectivity index (χ0n) is 24.1. The minimum Gasteiger partial charge on any atom is -0.324 e. The highest BCUT2D eigenvalue weighted by molar-refractivity contribution is 6.17. The molecule has 1 aliphatic rings. The molecule has 0 radical (unpaired) electrons. The standard InChI is InChI=1S/C41H29N3/c1-4-12-28(13-5-1)32-20-21-34-27-35(23-22-33(34)26-32)40-42-39(31-17-8-3-9-18-31)43-41(44-40)38-36-19-11-10-16-30(36)24-25-37(38)29-14-6-2-7-15-29/h1-27,41H,(H,42,43,44). The maximum atomic E-state index is 5.32. The number of amidine groups is 2. The molecule has 0 fully saturated rings. The van der Waals surface area contributed by atoms with Gasteiger partial charge in [0.05, 0.1) is 0 Å². The van der Waals surface area contributed by atoms with E-state index in [0.29, 0.717) is 0 Å². The number of nitrogens with one attached hydrogen (secondary N) is 1. The summed E-state index contributed by atoms with van der Waals surface area (Å²) in [6, 6.07) is 57.6. The van der Waals surface area contributed by atoms with Crippen LogP contribution in [-0.4, -0.2) is 11.7 Å². The Hall–Kier alpha value is -5.80. The summed E-state index contributed by atoms with van der Waals surface area (Å²) in [4.78, 5) is 10.6. The third kappa shape index (κ3) is 4.85. The highest BCUT2D eigenvalue weighted by Gasteiger charge is 2.25. The van der Waals surface area contributed by atoms with Crippen LogP contribution in [0.2, 0.25) is 0 Å². The molecule has 7 aromatic rings. The number of aliphatic imine (C=N–C) groups is 2. The van der Waals surface area contributed by atoms with Crippen molar-refractivity contribution in [3.63, 3.8) is 0 Å². The van der Waals surface area contributed by atoms with Gasteiger partial charge in [-0.05, 0) is 55.9 Å². The maximum absolute atomic E-state index is 5.32. The van der Waals surface area contributed by atoms with Gasteiger partial charge in [-0.3, -0.25) is 0 Å². The topological polar surface area (TPSA) is 36.8 Å². The molecule has 0 spiro atoms. The fraction of sp³-hybridized carbons (Fsp3) is 0.0244. The van der Waals surface area contributed by atoms with E-state index in [1.165, 1.54) is 27.3 Å². The molecule has 3 nitrogen and oxygen atoms in total. The lowest BCUT2D eigenvalue weighted by atomic mass is 9.92. The molecule has 0 amide bonds. The minimum atomic E-state index is -0.432. The van der Waals surface area contributed by atoms with Crippen molar-refractivity contribution in [3.05, 3.63) is 180 Å². The van der Waals surface area contributed by atoms with Gasteiger partial charge in [-0.15, -0.1) is 0 Å². The van der Waals surface area contributed by atoms with Gasteiger partial charge in [0.25, 0.3) is 0 Å². The monoisotopic (exact) mass is 563 g/mol. The minimum absolute atomic E-state index is 0.432. The number of rotatable bonds is 5. The second kappa shape index (κ2) is 11.1. The van der Waals surface area contributed by atoms with E-state index in [4.69, 9.17) is 9.98 Å². The molecule has 0 aromatic heterocycles. The summed E-state index contributed by atoms with van der Waals surface area (Å²) in [5.74, 6) is 1.62. The predicted octanol–water partition coefficient (Wildman–Crippen LogP) is 9.82. The van der Waals surface area contributed by atoms with Crippen molar-refractivity contribution >= 4 is 33.2 Å². The summed E-state index contributed by atoms with van der Waals surface area (Å²) in [5, 5.41) is 8.29. The number of hydrogen-bond acceptors (Lipinski definition) is 3. The lowest BCUT2D eigenvalue weighted by molar-refractivity contribution is 0.764. The van der Waals surface area contributed by atoms with E-state index < -0.39 is 6.17 Å². The molecule has 0 saturated heterocycles. The highest BCUT2D eigenvalue weighted by atomic mass is 15.2. The zero-order valence-corrected chi connectivity index (χ0v) is 24.1. The lowest BCUT2D eigenvalue weighted by Crippen LogP contribution is -2.36. The molecule has 7 aromatic carbocycles. The summed E-state index contributed by atoms with van der Waals surface area (Å²) in [5.41, 5.74) is 7.88. The fourth-order valence-corrected chi connectivity index (χ4v) is 6.12. The van der Waals surface area contributed by atoms with Crippen molar-refractivity contribution in [1.82, 2.24) is 5.32 Å². The normalized spacial score (nSPS) is 14.6. The van der Waals surface area contributed by atoms with E-state index in [-0.39, 0.29) is 0 Å². The summed E-state index contributed by atoms with van der Waals surface area (Å²) < 4.78 is 0. The molecular formula is C41H29N3. The van der Waals surface area contributed by atoms with Gasteiger partial charge >= 0.3 is 0 Å². The van der Waals surface area contributed by atoms with Crippen LogP contribution in [0.1, 0.15) is 22.9 Å². The third-order valence-corrected chi connectivity index (χ3v) is 8.32. The average molecular weight is 564 g/mol. The van der Waals surface area contributed by atoms with Crippen LogP contribution in [0, 0.1) is 0 Å². The Kier molecular flexibility index (Phi) is 6.54. The Labute approximate surface area is 256 Å². The summed E-state index contributed by atoms with van der Waals surface area (Å²) in [6.07, 6.45) is -0.432. The summed E-state index contributed by atoms with van der Waals surface area (Å²) in [6.45, 7) is 0. The zero-order chi connectivity index (χ0) is 29.3. The fourth-order valence-electron chi connectivity index (χ4n) is 6.12. The van der Waals surface area contributed by atoms with Gasteiger partial charge < -0.3 is 5.32 Å². The number of hydrogen-bond donors (Lipinski definition) is 1. The van der Waals surface area contributed by atoms with Crippen molar-refractivity contribution in [3.8, 4) is 22.3 Å². The van der Waals surface area contributed by atoms with E-state index in [1.807, 2.05) is 18.2 Å². The first-order chi connectivity index (χ1) is 21.8. The summed E-state index contributed by atoms with van der Waals surface area (Å²) >= 11 is 0. The maximum Gasteiger partial charge on any atom is 0.170 e. The van der Waals surface area contributed by atoms with Gasteiger partial charge in [0.2, 0.25) is 0 Å². The van der Waals surface area contributed by atoms with Crippen LogP contribution in [0.3, 0.4) is 0 Å². The smallest absolute Gasteiger partial charge is 0.170 e. The SMILES string of the molecule is c1ccc(C2=NC(c3c(-c4ccccc4)ccc4ccccc34)N=C(c3ccc4cc(-c5ccccc5)ccc4c3)N2)cc1. The first kappa shape index (κ1) is 25.9. The van der Waals surface area contributed by atoms with Crippen LogP contribution < -0.4 is 5.32 Å². The van der Waals surface area contributed by atoms with Crippen LogP contribution in [-0.2, 0) is 0 Å². The van der Waals surface area contributed by atoms with Crippen molar-refractivity contribution in [2.24, 2.45) is 9.98 Å². The third-order valence-electron chi connectivity index (χ3n) is 8.32. The first-order valence-corrected chi connectivity index (χ1v) is 14.9.